The lowest BCUT2D eigenvalue weighted by atomic mass is 10.2. The molecular formula is C15H19N3O2S2. The van der Waals surface area contributed by atoms with Gasteiger partial charge >= 0.3 is 0 Å². The van der Waals surface area contributed by atoms with Gasteiger partial charge in [0.15, 0.2) is 0 Å². The van der Waals surface area contributed by atoms with Gasteiger partial charge in [0.2, 0.25) is 10.0 Å². The molecule has 22 heavy (non-hydrogen) atoms. The van der Waals surface area contributed by atoms with Crippen molar-refractivity contribution in [1.29, 1.82) is 0 Å². The predicted molar refractivity (Wildman–Crippen MR) is 87.1 cm³/mol. The van der Waals surface area contributed by atoms with E-state index >= 15 is 0 Å². The summed E-state index contributed by atoms with van der Waals surface area (Å²) in [4.78, 5) is 4.60. The summed E-state index contributed by atoms with van der Waals surface area (Å²) in [6.45, 7) is 2.69. The minimum absolute atomic E-state index is 0.387. The summed E-state index contributed by atoms with van der Waals surface area (Å²) in [6, 6.07) is 7.15. The van der Waals surface area contributed by atoms with Crippen LogP contribution in [-0.2, 0) is 23.1 Å². The lowest BCUT2D eigenvalue weighted by Gasteiger charge is -2.15. The molecule has 1 aromatic heterocycles. The number of hydrogen-bond donors (Lipinski definition) is 1. The second-order valence-electron chi connectivity index (χ2n) is 5.34. The summed E-state index contributed by atoms with van der Waals surface area (Å²) in [5.74, 6) is 0. The lowest BCUT2D eigenvalue weighted by molar-refractivity contribution is 0.477. The number of hydrogen-bond acceptors (Lipinski definition) is 5. The Labute approximate surface area is 135 Å². The molecule has 7 heteroatoms. The number of rotatable bonds is 6. The molecule has 118 valence electrons. The van der Waals surface area contributed by atoms with E-state index in [0.29, 0.717) is 24.5 Å². The highest BCUT2D eigenvalue weighted by atomic mass is 32.2. The van der Waals surface area contributed by atoms with Crippen LogP contribution in [0, 0.1) is 0 Å². The van der Waals surface area contributed by atoms with Crippen LogP contribution >= 0.6 is 11.3 Å². The first-order valence-corrected chi connectivity index (χ1v) is 9.71. The summed E-state index contributed by atoms with van der Waals surface area (Å²) >= 11 is 1.58. The fraction of sp³-hybridized carbons (Fsp3) is 0.400. The summed E-state index contributed by atoms with van der Waals surface area (Å²) in [5, 5.41) is 5.31. The van der Waals surface area contributed by atoms with Crippen LogP contribution < -0.4 is 5.32 Å². The SMILES string of the molecule is O=S(=O)(c1ccc(CNCc2cscn2)cc1)N1CCCC1. The second-order valence-corrected chi connectivity index (χ2v) is 8.00. The van der Waals surface area contributed by atoms with E-state index in [-0.39, 0.29) is 0 Å². The van der Waals surface area contributed by atoms with Gasteiger partial charge in [-0.25, -0.2) is 13.4 Å². The van der Waals surface area contributed by atoms with Gasteiger partial charge in [-0.05, 0) is 30.5 Å². The zero-order chi connectivity index (χ0) is 15.4. The molecule has 0 amide bonds. The van der Waals surface area contributed by atoms with Crippen LogP contribution in [0.4, 0.5) is 0 Å². The van der Waals surface area contributed by atoms with Crippen molar-refractivity contribution in [3.8, 4) is 0 Å². The van der Waals surface area contributed by atoms with E-state index in [1.54, 1.807) is 27.8 Å². The molecule has 1 aliphatic rings. The average molecular weight is 337 g/mol. The van der Waals surface area contributed by atoms with Crippen molar-refractivity contribution in [3.05, 3.63) is 46.4 Å². The summed E-state index contributed by atoms with van der Waals surface area (Å²) < 4.78 is 26.4. The minimum atomic E-state index is -3.31. The van der Waals surface area contributed by atoms with Crippen molar-refractivity contribution < 1.29 is 8.42 Å². The highest BCUT2D eigenvalue weighted by Gasteiger charge is 2.26. The third-order valence-corrected chi connectivity index (χ3v) is 6.29. The number of thiazole rings is 1. The maximum Gasteiger partial charge on any atom is 0.243 e. The van der Waals surface area contributed by atoms with Crippen LogP contribution in [0.2, 0.25) is 0 Å². The van der Waals surface area contributed by atoms with E-state index in [4.69, 9.17) is 0 Å². The van der Waals surface area contributed by atoms with E-state index in [1.807, 2.05) is 23.0 Å². The highest BCUT2D eigenvalue weighted by Crippen LogP contribution is 2.21. The Morgan fingerprint density at radius 1 is 1.14 bits per heavy atom. The molecule has 0 unspecified atom stereocenters. The Hall–Kier alpha value is -1.28. The van der Waals surface area contributed by atoms with Crippen LogP contribution in [0.25, 0.3) is 0 Å². The molecule has 1 fully saturated rings. The van der Waals surface area contributed by atoms with E-state index < -0.39 is 10.0 Å². The maximum atomic E-state index is 12.4. The molecule has 0 saturated carbocycles. The number of aromatic nitrogens is 1. The van der Waals surface area contributed by atoms with Crippen molar-refractivity contribution >= 4 is 21.4 Å². The molecule has 3 rings (SSSR count). The molecule has 0 bridgehead atoms. The summed E-state index contributed by atoms with van der Waals surface area (Å²) in [6.07, 6.45) is 1.91. The first-order valence-electron chi connectivity index (χ1n) is 7.33. The van der Waals surface area contributed by atoms with E-state index in [1.165, 1.54) is 0 Å². The smallest absolute Gasteiger partial charge is 0.243 e. The van der Waals surface area contributed by atoms with E-state index in [0.717, 1.165) is 30.6 Å². The molecule has 0 radical (unpaired) electrons. The molecule has 1 aliphatic heterocycles. The van der Waals surface area contributed by atoms with Crippen molar-refractivity contribution in [2.45, 2.75) is 30.8 Å². The monoisotopic (exact) mass is 337 g/mol. The first kappa shape index (κ1) is 15.6. The minimum Gasteiger partial charge on any atom is -0.307 e. The van der Waals surface area contributed by atoms with Crippen molar-refractivity contribution in [3.63, 3.8) is 0 Å². The fourth-order valence-corrected chi connectivity index (χ4v) is 4.59. The first-order chi connectivity index (χ1) is 10.7. The number of nitrogens with one attached hydrogen (secondary N) is 1. The van der Waals surface area contributed by atoms with Crippen LogP contribution in [0.3, 0.4) is 0 Å². The quantitative estimate of drug-likeness (QED) is 0.878. The molecule has 1 N–H and O–H groups in total. The molecular weight excluding hydrogens is 318 g/mol. The van der Waals surface area contributed by atoms with Gasteiger partial charge < -0.3 is 5.32 Å². The summed E-state index contributed by atoms with van der Waals surface area (Å²) in [5.41, 5.74) is 3.91. The Balaban J connectivity index is 1.60. The lowest BCUT2D eigenvalue weighted by Crippen LogP contribution is -2.27. The Morgan fingerprint density at radius 2 is 1.86 bits per heavy atom. The van der Waals surface area contributed by atoms with Crippen molar-refractivity contribution in [2.75, 3.05) is 13.1 Å². The van der Waals surface area contributed by atoms with Crippen LogP contribution in [0.5, 0.6) is 0 Å². The van der Waals surface area contributed by atoms with Gasteiger partial charge in [0.05, 0.1) is 16.1 Å². The van der Waals surface area contributed by atoms with E-state index in [2.05, 4.69) is 10.3 Å². The van der Waals surface area contributed by atoms with Gasteiger partial charge in [-0.15, -0.1) is 11.3 Å². The topological polar surface area (TPSA) is 62.3 Å². The molecule has 5 nitrogen and oxygen atoms in total. The maximum absolute atomic E-state index is 12.4. The molecule has 1 saturated heterocycles. The molecule has 1 aromatic carbocycles. The largest absolute Gasteiger partial charge is 0.307 e. The molecule has 0 atom stereocenters. The van der Waals surface area contributed by atoms with Crippen molar-refractivity contribution in [2.24, 2.45) is 0 Å². The average Bonchev–Trinajstić information content (AvgIpc) is 3.21. The molecule has 2 aromatic rings. The second kappa shape index (κ2) is 6.87. The van der Waals surface area contributed by atoms with Crippen molar-refractivity contribution in [1.82, 2.24) is 14.6 Å². The highest BCUT2D eigenvalue weighted by molar-refractivity contribution is 7.89. The zero-order valence-corrected chi connectivity index (χ0v) is 13.9. The number of sulfonamides is 1. The third-order valence-electron chi connectivity index (χ3n) is 3.74. The molecule has 0 aliphatic carbocycles. The normalized spacial score (nSPS) is 16.2. The van der Waals surface area contributed by atoms with E-state index in [9.17, 15) is 8.42 Å². The Kier molecular flexibility index (Phi) is 4.87. The van der Waals surface area contributed by atoms with Gasteiger partial charge in [-0.2, -0.15) is 4.31 Å². The number of benzene rings is 1. The van der Waals surface area contributed by atoms with Gasteiger partial charge in [0, 0.05) is 31.6 Å². The fourth-order valence-electron chi connectivity index (χ4n) is 2.52. The predicted octanol–water partition coefficient (Wildman–Crippen LogP) is 2.22. The Morgan fingerprint density at radius 3 is 2.50 bits per heavy atom. The van der Waals surface area contributed by atoms with Crippen LogP contribution in [-0.4, -0.2) is 30.8 Å². The van der Waals surface area contributed by atoms with Gasteiger partial charge in [-0.3, -0.25) is 0 Å². The summed E-state index contributed by atoms with van der Waals surface area (Å²) in [7, 11) is -3.31. The van der Waals surface area contributed by atoms with Gasteiger partial charge in [0.25, 0.3) is 0 Å². The van der Waals surface area contributed by atoms with Crippen LogP contribution in [0.1, 0.15) is 24.1 Å². The number of nitrogens with zero attached hydrogens (tertiary/aromatic N) is 2. The molecule has 0 spiro atoms. The van der Waals surface area contributed by atoms with Gasteiger partial charge in [0.1, 0.15) is 0 Å². The van der Waals surface area contributed by atoms with Gasteiger partial charge in [-0.1, -0.05) is 12.1 Å². The Bertz CT molecular complexity index is 691. The molecule has 2 heterocycles. The third kappa shape index (κ3) is 3.55. The zero-order valence-electron chi connectivity index (χ0n) is 12.2. The van der Waals surface area contributed by atoms with Crippen LogP contribution in [0.15, 0.2) is 40.1 Å². The standard InChI is InChI=1S/C15H19N3O2S2/c19-22(20,18-7-1-2-8-18)15-5-3-13(4-6-15)9-16-10-14-11-21-12-17-14/h3-6,11-12,16H,1-2,7-10H2.